The van der Waals surface area contributed by atoms with E-state index in [2.05, 4.69) is 160 Å². The van der Waals surface area contributed by atoms with Gasteiger partial charge in [0, 0.05) is 0 Å². The Morgan fingerprint density at radius 1 is 0.391 bits per heavy atom. The molecule has 0 spiro atoms. The van der Waals surface area contributed by atoms with Gasteiger partial charge in [-0.15, -0.1) is 0 Å². The zero-order valence-electron chi connectivity index (χ0n) is 26.7. The molecule has 46 heavy (non-hydrogen) atoms. The van der Waals surface area contributed by atoms with E-state index in [4.69, 9.17) is 0 Å². The van der Waals surface area contributed by atoms with Crippen LogP contribution in [0.4, 0.5) is 0 Å². The minimum Gasteiger partial charge on any atom is -0.0645 e. The van der Waals surface area contributed by atoms with Crippen molar-refractivity contribution in [2.45, 2.75) is 39.0 Å². The van der Waals surface area contributed by atoms with E-state index < -0.39 is 0 Å². The first kappa shape index (κ1) is 27.1. The lowest BCUT2D eigenvalue weighted by atomic mass is 9.76. The van der Waals surface area contributed by atoms with Gasteiger partial charge in [-0.05, 0) is 129 Å². The third-order valence-electron chi connectivity index (χ3n) is 11.1. The smallest absolute Gasteiger partial charge is 0.00206 e. The Hall–Kier alpha value is -5.20. The molecule has 0 saturated heterocycles. The molecule has 0 fully saturated rings. The molecule has 0 saturated carbocycles. The molecule has 0 aliphatic carbocycles. The second-order valence-electron chi connectivity index (χ2n) is 13.4. The molecule has 0 heterocycles. The van der Waals surface area contributed by atoms with Crippen LogP contribution in [0.5, 0.6) is 0 Å². The van der Waals surface area contributed by atoms with Crippen LogP contribution in [0, 0.1) is 0 Å². The maximum Gasteiger partial charge on any atom is -0.00206 e. The molecule has 0 aliphatic rings. The van der Waals surface area contributed by atoms with Crippen LogP contribution in [0.2, 0.25) is 0 Å². The first-order valence-electron chi connectivity index (χ1n) is 16.7. The topological polar surface area (TPSA) is 0 Å². The maximum absolute atomic E-state index is 2.45. The van der Waals surface area contributed by atoms with Gasteiger partial charge in [-0.3, -0.25) is 0 Å². The number of rotatable bonds is 5. The molecule has 9 aromatic rings. The average molecular weight is 589 g/mol. The fraction of sp³-hybridized carbons (Fsp3) is 0.130. The van der Waals surface area contributed by atoms with Crippen molar-refractivity contribution >= 4 is 64.6 Å². The van der Waals surface area contributed by atoms with Crippen LogP contribution in [0.15, 0.2) is 140 Å². The van der Waals surface area contributed by atoms with Crippen LogP contribution in [-0.4, -0.2) is 0 Å². The van der Waals surface area contributed by atoms with Gasteiger partial charge in [0.25, 0.3) is 0 Å². The van der Waals surface area contributed by atoms with Crippen molar-refractivity contribution in [2.75, 3.05) is 0 Å². The normalized spacial score (nSPS) is 12.4. The number of benzene rings is 9. The van der Waals surface area contributed by atoms with E-state index in [1.807, 2.05) is 0 Å². The van der Waals surface area contributed by atoms with Crippen LogP contribution in [0.1, 0.15) is 39.2 Å². The molecular formula is C46H36. The lowest BCUT2D eigenvalue weighted by molar-refractivity contribution is 0.440. The van der Waals surface area contributed by atoms with Crippen molar-refractivity contribution in [1.82, 2.24) is 0 Å². The van der Waals surface area contributed by atoms with Gasteiger partial charge in [0.05, 0.1) is 0 Å². The van der Waals surface area contributed by atoms with Crippen LogP contribution in [-0.2, 0) is 5.41 Å². The molecule has 0 unspecified atom stereocenters. The molecule has 0 N–H and O–H groups in total. The summed E-state index contributed by atoms with van der Waals surface area (Å²) in [6.45, 7) is 7.04. The summed E-state index contributed by atoms with van der Waals surface area (Å²) >= 11 is 0. The minimum absolute atomic E-state index is 0.196. The van der Waals surface area contributed by atoms with Gasteiger partial charge < -0.3 is 0 Å². The summed E-state index contributed by atoms with van der Waals surface area (Å²) in [7, 11) is 0. The highest BCUT2D eigenvalue weighted by Crippen LogP contribution is 2.43. The van der Waals surface area contributed by atoms with Gasteiger partial charge in [0.2, 0.25) is 0 Å². The van der Waals surface area contributed by atoms with E-state index in [-0.39, 0.29) is 5.41 Å². The second kappa shape index (κ2) is 10.2. The number of hydrogen-bond acceptors (Lipinski definition) is 0. The summed E-state index contributed by atoms with van der Waals surface area (Å²) in [4.78, 5) is 0. The van der Waals surface area contributed by atoms with Crippen molar-refractivity contribution in [3.05, 3.63) is 145 Å². The fourth-order valence-electron chi connectivity index (χ4n) is 7.95. The SMILES string of the molecule is CCC(C)(CC)c1cc2ccc3ccc(-c4ccc5cc(-c6cc7ccccc7c7ccccc67)ccc5c4)c4ccc(c1)c2c34. The van der Waals surface area contributed by atoms with Crippen molar-refractivity contribution in [2.24, 2.45) is 0 Å². The summed E-state index contributed by atoms with van der Waals surface area (Å²) in [6, 6.07) is 52.7. The van der Waals surface area contributed by atoms with Gasteiger partial charge in [-0.1, -0.05) is 142 Å². The number of fused-ring (bicyclic) bond motifs is 4. The van der Waals surface area contributed by atoms with E-state index in [1.165, 1.54) is 92.5 Å². The van der Waals surface area contributed by atoms with Gasteiger partial charge >= 0.3 is 0 Å². The van der Waals surface area contributed by atoms with Gasteiger partial charge in [-0.2, -0.15) is 0 Å². The van der Waals surface area contributed by atoms with E-state index in [9.17, 15) is 0 Å². The molecule has 0 radical (unpaired) electrons. The lowest BCUT2D eigenvalue weighted by Gasteiger charge is -2.28. The highest BCUT2D eigenvalue weighted by Gasteiger charge is 2.24. The quantitative estimate of drug-likeness (QED) is 0.175. The standard InChI is InChI=1S/C46H36/c1-4-46(3,5-2)37-26-35-19-14-29-20-22-39(42-23-21-36(27-37)44(35)45(29)42)33-17-15-31-25-34(18-16-30(31)24-33)43-28-32-10-6-7-11-38(32)40-12-8-9-13-41(40)43/h6-28H,4-5H2,1-3H3. The van der Waals surface area contributed by atoms with E-state index in [0.29, 0.717) is 0 Å². The summed E-state index contributed by atoms with van der Waals surface area (Å²) in [6.07, 6.45) is 2.28. The summed E-state index contributed by atoms with van der Waals surface area (Å²) in [5.41, 5.74) is 6.75. The van der Waals surface area contributed by atoms with Crippen LogP contribution >= 0.6 is 0 Å². The van der Waals surface area contributed by atoms with Crippen LogP contribution < -0.4 is 0 Å². The molecule has 9 aromatic carbocycles. The Morgan fingerprint density at radius 3 is 1.67 bits per heavy atom. The van der Waals surface area contributed by atoms with Crippen LogP contribution in [0.3, 0.4) is 0 Å². The Balaban J connectivity index is 1.18. The molecular weight excluding hydrogens is 553 g/mol. The van der Waals surface area contributed by atoms with Gasteiger partial charge in [0.1, 0.15) is 0 Å². The fourth-order valence-corrected chi connectivity index (χ4v) is 7.95. The van der Waals surface area contributed by atoms with Gasteiger partial charge in [0.15, 0.2) is 0 Å². The minimum atomic E-state index is 0.196. The molecule has 0 aliphatic heterocycles. The average Bonchev–Trinajstić information content (AvgIpc) is 3.12. The van der Waals surface area contributed by atoms with Gasteiger partial charge in [-0.25, -0.2) is 0 Å². The largest absolute Gasteiger partial charge is 0.0645 e. The molecule has 220 valence electrons. The molecule has 0 aromatic heterocycles. The predicted molar refractivity (Wildman–Crippen MR) is 201 cm³/mol. The van der Waals surface area contributed by atoms with Crippen molar-refractivity contribution in [3.63, 3.8) is 0 Å². The molecule has 0 amide bonds. The zero-order chi connectivity index (χ0) is 31.0. The number of hydrogen-bond donors (Lipinski definition) is 0. The van der Waals surface area contributed by atoms with Crippen LogP contribution in [0.25, 0.3) is 86.9 Å². The lowest BCUT2D eigenvalue weighted by Crippen LogP contribution is -2.19. The molecule has 0 heteroatoms. The summed E-state index contributed by atoms with van der Waals surface area (Å²) < 4.78 is 0. The van der Waals surface area contributed by atoms with E-state index in [1.54, 1.807) is 0 Å². The molecule has 0 nitrogen and oxygen atoms in total. The summed E-state index contributed by atoms with van der Waals surface area (Å²) in [5, 5.41) is 15.8. The zero-order valence-corrected chi connectivity index (χ0v) is 26.7. The van der Waals surface area contributed by atoms with Crippen molar-refractivity contribution in [3.8, 4) is 22.3 Å². The Bertz CT molecular complexity index is 2600. The monoisotopic (exact) mass is 588 g/mol. The van der Waals surface area contributed by atoms with Crippen molar-refractivity contribution < 1.29 is 0 Å². The third-order valence-corrected chi connectivity index (χ3v) is 11.1. The van der Waals surface area contributed by atoms with Crippen molar-refractivity contribution in [1.29, 1.82) is 0 Å². The highest BCUT2D eigenvalue weighted by molar-refractivity contribution is 6.25. The highest BCUT2D eigenvalue weighted by atomic mass is 14.3. The van der Waals surface area contributed by atoms with E-state index >= 15 is 0 Å². The molecule has 0 atom stereocenters. The molecule has 0 bridgehead atoms. The first-order chi connectivity index (χ1) is 22.5. The molecule has 9 rings (SSSR count). The Kier molecular flexibility index (Phi) is 5.99. The van der Waals surface area contributed by atoms with E-state index in [0.717, 1.165) is 12.8 Å². The summed E-state index contributed by atoms with van der Waals surface area (Å²) in [5.74, 6) is 0. The second-order valence-corrected chi connectivity index (χ2v) is 13.4. The first-order valence-corrected chi connectivity index (χ1v) is 16.7. The third kappa shape index (κ3) is 4.00. The Morgan fingerprint density at radius 2 is 0.957 bits per heavy atom. The predicted octanol–water partition coefficient (Wildman–Crippen LogP) is 13.5. The maximum atomic E-state index is 2.45. The Labute approximate surface area is 270 Å².